The Kier molecular flexibility index (Phi) is 11.9. The number of amides is 2. The van der Waals surface area contributed by atoms with Crippen LogP contribution >= 0.6 is 0 Å². The van der Waals surface area contributed by atoms with Gasteiger partial charge in [-0.05, 0) is 73.0 Å². The molecule has 1 atom stereocenters. The number of anilines is 1. The summed E-state index contributed by atoms with van der Waals surface area (Å²) in [5.74, 6) is -0.922. The van der Waals surface area contributed by atoms with E-state index in [2.05, 4.69) is 5.32 Å². The normalized spacial score (nSPS) is 11.8. The van der Waals surface area contributed by atoms with Crippen LogP contribution in [-0.2, 0) is 32.6 Å². The Morgan fingerprint density at radius 1 is 0.891 bits per heavy atom. The minimum Gasteiger partial charge on any atom is -0.497 e. The van der Waals surface area contributed by atoms with Gasteiger partial charge in [-0.25, -0.2) is 12.8 Å². The molecule has 10 heteroatoms. The summed E-state index contributed by atoms with van der Waals surface area (Å²) in [6.45, 7) is 3.76. The van der Waals surface area contributed by atoms with E-state index in [-0.39, 0.29) is 29.5 Å². The van der Waals surface area contributed by atoms with Crippen LogP contribution < -0.4 is 14.4 Å². The average Bonchev–Trinajstić information content (AvgIpc) is 3.06. The maximum Gasteiger partial charge on any atom is 0.264 e. The predicted molar refractivity (Wildman–Crippen MR) is 178 cm³/mol. The van der Waals surface area contributed by atoms with E-state index in [1.165, 1.54) is 17.0 Å². The highest BCUT2D eigenvalue weighted by molar-refractivity contribution is 7.92. The fourth-order valence-corrected chi connectivity index (χ4v) is 6.42. The van der Waals surface area contributed by atoms with Gasteiger partial charge < -0.3 is 15.0 Å². The van der Waals surface area contributed by atoms with Gasteiger partial charge in [-0.15, -0.1) is 0 Å². The van der Waals surface area contributed by atoms with Crippen LogP contribution in [0.15, 0.2) is 108 Å². The minimum atomic E-state index is -4.32. The van der Waals surface area contributed by atoms with Crippen LogP contribution in [0.3, 0.4) is 0 Å². The van der Waals surface area contributed by atoms with Crippen molar-refractivity contribution in [1.82, 2.24) is 10.2 Å². The Labute approximate surface area is 270 Å². The number of aryl methyl sites for hydroxylation is 1. The first-order chi connectivity index (χ1) is 22.1. The molecule has 4 aromatic carbocycles. The largest absolute Gasteiger partial charge is 0.497 e. The van der Waals surface area contributed by atoms with Gasteiger partial charge in [0.15, 0.2) is 0 Å². The third-order valence-corrected chi connectivity index (χ3v) is 9.38. The van der Waals surface area contributed by atoms with Gasteiger partial charge in [0.2, 0.25) is 11.8 Å². The first-order valence-electron chi connectivity index (χ1n) is 15.2. The number of unbranched alkanes of at least 4 members (excludes halogenated alkanes) is 1. The number of carbonyl (C=O) groups excluding carboxylic acids is 2. The molecule has 2 amide bonds. The summed E-state index contributed by atoms with van der Waals surface area (Å²) in [6, 6.07) is 26.8. The number of hydrogen-bond acceptors (Lipinski definition) is 5. The lowest BCUT2D eigenvalue weighted by Crippen LogP contribution is -2.53. The van der Waals surface area contributed by atoms with E-state index in [0.717, 1.165) is 40.4 Å². The van der Waals surface area contributed by atoms with Crippen LogP contribution in [0.4, 0.5) is 10.1 Å². The van der Waals surface area contributed by atoms with E-state index < -0.39 is 34.3 Å². The molecule has 4 aromatic rings. The van der Waals surface area contributed by atoms with E-state index in [4.69, 9.17) is 4.74 Å². The lowest BCUT2D eigenvalue weighted by molar-refractivity contribution is -0.140. The second kappa shape index (κ2) is 16.0. The van der Waals surface area contributed by atoms with Crippen molar-refractivity contribution in [2.24, 2.45) is 0 Å². The van der Waals surface area contributed by atoms with Gasteiger partial charge in [0.05, 0.1) is 17.7 Å². The summed E-state index contributed by atoms with van der Waals surface area (Å²) in [7, 11) is -2.78. The van der Waals surface area contributed by atoms with Crippen LogP contribution in [-0.4, -0.2) is 51.4 Å². The maximum atomic E-state index is 14.5. The molecule has 0 saturated carbocycles. The summed E-state index contributed by atoms with van der Waals surface area (Å²) in [5, 5.41) is 2.98. The number of carbonyl (C=O) groups is 2. The second-order valence-corrected chi connectivity index (χ2v) is 12.9. The Hall–Kier alpha value is -4.70. The zero-order chi connectivity index (χ0) is 33.1. The van der Waals surface area contributed by atoms with Gasteiger partial charge in [-0.3, -0.25) is 13.9 Å². The highest BCUT2D eigenvalue weighted by atomic mass is 32.2. The third kappa shape index (κ3) is 8.94. The Balaban J connectivity index is 1.79. The number of benzene rings is 4. The monoisotopic (exact) mass is 645 g/mol. The summed E-state index contributed by atoms with van der Waals surface area (Å²) in [6.07, 6.45) is 1.86. The number of rotatable bonds is 15. The van der Waals surface area contributed by atoms with E-state index in [1.54, 1.807) is 49.6 Å². The van der Waals surface area contributed by atoms with Crippen LogP contribution in [0.25, 0.3) is 0 Å². The highest BCUT2D eigenvalue weighted by Gasteiger charge is 2.34. The Morgan fingerprint density at radius 3 is 2.22 bits per heavy atom. The number of nitrogens with zero attached hydrogens (tertiary/aromatic N) is 2. The summed E-state index contributed by atoms with van der Waals surface area (Å²) >= 11 is 0. The molecule has 0 fully saturated rings. The molecule has 0 heterocycles. The van der Waals surface area contributed by atoms with Gasteiger partial charge in [0.1, 0.15) is 24.2 Å². The van der Waals surface area contributed by atoms with E-state index >= 15 is 0 Å². The van der Waals surface area contributed by atoms with E-state index in [1.807, 2.05) is 50.2 Å². The quantitative estimate of drug-likeness (QED) is 0.163. The van der Waals surface area contributed by atoms with Crippen molar-refractivity contribution in [1.29, 1.82) is 0 Å². The molecule has 0 radical (unpaired) electrons. The maximum absolute atomic E-state index is 14.5. The molecule has 0 spiro atoms. The van der Waals surface area contributed by atoms with Gasteiger partial charge in [0.25, 0.3) is 10.0 Å². The summed E-state index contributed by atoms with van der Waals surface area (Å²) in [4.78, 5) is 29.6. The fraction of sp³-hybridized carbons (Fsp3) is 0.278. The summed E-state index contributed by atoms with van der Waals surface area (Å²) in [5.41, 5.74) is 2.71. The van der Waals surface area contributed by atoms with Crippen molar-refractivity contribution in [2.75, 3.05) is 24.5 Å². The van der Waals surface area contributed by atoms with Gasteiger partial charge in [-0.1, -0.05) is 73.5 Å². The van der Waals surface area contributed by atoms with Crippen molar-refractivity contribution in [3.05, 3.63) is 126 Å². The number of ether oxygens (including phenoxy) is 1. The van der Waals surface area contributed by atoms with Gasteiger partial charge in [-0.2, -0.15) is 0 Å². The number of methoxy groups -OCH3 is 1. The van der Waals surface area contributed by atoms with Crippen molar-refractivity contribution >= 4 is 27.5 Å². The Morgan fingerprint density at radius 2 is 1.57 bits per heavy atom. The second-order valence-electron chi connectivity index (χ2n) is 11.0. The van der Waals surface area contributed by atoms with Crippen molar-refractivity contribution in [3.63, 3.8) is 0 Å². The molecule has 0 bridgehead atoms. The molecule has 242 valence electrons. The first-order valence-corrected chi connectivity index (χ1v) is 16.7. The lowest BCUT2D eigenvalue weighted by atomic mass is 10.0. The molecule has 46 heavy (non-hydrogen) atoms. The highest BCUT2D eigenvalue weighted by Crippen LogP contribution is 2.26. The number of hydrogen-bond donors (Lipinski definition) is 1. The molecule has 0 unspecified atom stereocenters. The fourth-order valence-electron chi connectivity index (χ4n) is 5.00. The predicted octanol–water partition coefficient (Wildman–Crippen LogP) is 5.89. The van der Waals surface area contributed by atoms with Crippen LogP contribution in [0.5, 0.6) is 5.75 Å². The molecule has 4 rings (SSSR count). The SMILES string of the molecule is CCCCNC(=O)[C@@H](Cc1ccccc1)N(Cc1cccc(OC)c1)C(=O)CN(c1ccc(C)cc1)S(=O)(=O)c1ccc(F)cc1. The van der Waals surface area contributed by atoms with Crippen LogP contribution in [0.2, 0.25) is 0 Å². The minimum absolute atomic E-state index is 0.0209. The first kappa shape index (κ1) is 34.2. The standard InChI is InChI=1S/C36H40FN3O5S/c1-4-5-22-38-36(42)34(24-28-10-7-6-8-11-28)39(25-29-12-9-13-32(23-29)45-3)35(41)26-40(31-18-14-27(2)15-19-31)46(43,44)33-20-16-30(37)17-21-33/h6-21,23,34H,4-5,22,24-26H2,1-3H3,(H,38,42)/t34-/m1/s1. The summed E-state index contributed by atoms with van der Waals surface area (Å²) < 4.78 is 48.2. The van der Waals surface area contributed by atoms with Crippen LogP contribution in [0, 0.1) is 12.7 Å². The Bertz CT molecular complexity index is 1700. The molecular weight excluding hydrogens is 605 g/mol. The zero-order valence-corrected chi connectivity index (χ0v) is 27.2. The molecular formula is C36H40FN3O5S. The molecule has 0 aliphatic carbocycles. The van der Waals surface area contributed by atoms with Crippen molar-refractivity contribution < 1.29 is 27.1 Å². The molecule has 0 aromatic heterocycles. The zero-order valence-electron chi connectivity index (χ0n) is 26.4. The van der Waals surface area contributed by atoms with Crippen LogP contribution in [0.1, 0.15) is 36.5 Å². The lowest BCUT2D eigenvalue weighted by Gasteiger charge is -2.34. The van der Waals surface area contributed by atoms with E-state index in [0.29, 0.717) is 17.9 Å². The topological polar surface area (TPSA) is 96.0 Å². The average molecular weight is 646 g/mol. The molecule has 0 aliphatic heterocycles. The number of sulfonamides is 1. The molecule has 8 nitrogen and oxygen atoms in total. The van der Waals surface area contributed by atoms with Crippen molar-refractivity contribution in [3.8, 4) is 5.75 Å². The van der Waals surface area contributed by atoms with E-state index in [9.17, 15) is 22.4 Å². The van der Waals surface area contributed by atoms with Gasteiger partial charge in [0, 0.05) is 19.5 Å². The van der Waals surface area contributed by atoms with Gasteiger partial charge >= 0.3 is 0 Å². The number of nitrogens with one attached hydrogen (secondary N) is 1. The van der Waals surface area contributed by atoms with Crippen molar-refractivity contribution in [2.45, 2.75) is 50.6 Å². The molecule has 0 saturated heterocycles. The molecule has 1 N–H and O–H groups in total. The number of halogens is 1. The third-order valence-electron chi connectivity index (χ3n) is 7.59. The molecule has 0 aliphatic rings. The smallest absolute Gasteiger partial charge is 0.264 e.